The Labute approximate surface area is 136 Å². The van der Waals surface area contributed by atoms with Crippen LogP contribution in [0.3, 0.4) is 0 Å². The van der Waals surface area contributed by atoms with Crippen molar-refractivity contribution in [3.63, 3.8) is 0 Å². The highest BCUT2D eigenvalue weighted by Gasteiger charge is 2.23. The number of hydrogen-bond acceptors (Lipinski definition) is 4. The Balaban J connectivity index is 2.45. The van der Waals surface area contributed by atoms with Crippen LogP contribution < -0.4 is 22.3 Å². The SMILES string of the molecule is NC(=O)Nc1c(C(N)=O)c2ccccc2n1-c1ccccc1N[O-]. The number of carbonyl (C=O) groups is 2. The van der Waals surface area contributed by atoms with Crippen LogP contribution in [0, 0.1) is 5.21 Å². The molecular formula is C16H14N5O3-. The molecule has 0 saturated carbocycles. The molecule has 1 aromatic heterocycles. The molecule has 0 spiro atoms. The summed E-state index contributed by atoms with van der Waals surface area (Å²) in [5, 5.41) is 14.2. The molecule has 3 amide bonds. The molecule has 6 N–H and O–H groups in total. The lowest BCUT2D eigenvalue weighted by molar-refractivity contribution is 0.100. The van der Waals surface area contributed by atoms with Crippen molar-refractivity contribution in [2.24, 2.45) is 11.5 Å². The quantitative estimate of drug-likeness (QED) is 0.546. The zero-order valence-corrected chi connectivity index (χ0v) is 12.4. The molecule has 0 fully saturated rings. The first-order chi connectivity index (χ1) is 11.5. The maximum Gasteiger partial charge on any atom is 0.317 e. The first-order valence-electron chi connectivity index (χ1n) is 7.02. The van der Waals surface area contributed by atoms with Gasteiger partial charge >= 0.3 is 6.03 Å². The van der Waals surface area contributed by atoms with E-state index in [1.807, 2.05) is 5.48 Å². The largest absolute Gasteiger partial charge is 0.761 e. The summed E-state index contributed by atoms with van der Waals surface area (Å²) in [4.78, 5) is 23.4. The van der Waals surface area contributed by atoms with E-state index in [0.29, 0.717) is 16.6 Å². The number of fused-ring (bicyclic) bond motifs is 1. The smallest absolute Gasteiger partial charge is 0.317 e. The highest BCUT2D eigenvalue weighted by molar-refractivity contribution is 6.14. The van der Waals surface area contributed by atoms with E-state index in [1.54, 1.807) is 53.1 Å². The molecule has 8 nitrogen and oxygen atoms in total. The maximum atomic E-state index is 12.0. The third kappa shape index (κ3) is 2.40. The van der Waals surface area contributed by atoms with Gasteiger partial charge in [0.2, 0.25) is 0 Å². The molecule has 0 aliphatic carbocycles. The Bertz CT molecular complexity index is 948. The number of primary amides is 2. The Morgan fingerprint density at radius 1 is 1.00 bits per heavy atom. The van der Waals surface area contributed by atoms with E-state index in [1.165, 1.54) is 0 Å². The number of nitrogens with two attached hydrogens (primary N) is 2. The summed E-state index contributed by atoms with van der Waals surface area (Å²) in [7, 11) is 0. The van der Waals surface area contributed by atoms with Crippen LogP contribution in [-0.2, 0) is 0 Å². The van der Waals surface area contributed by atoms with Gasteiger partial charge in [-0.1, -0.05) is 30.3 Å². The van der Waals surface area contributed by atoms with Crippen LogP contribution in [0.4, 0.5) is 16.3 Å². The number of nitrogens with one attached hydrogen (secondary N) is 2. The van der Waals surface area contributed by atoms with Crippen LogP contribution in [0.25, 0.3) is 16.6 Å². The van der Waals surface area contributed by atoms with Gasteiger partial charge < -0.3 is 22.2 Å². The van der Waals surface area contributed by atoms with E-state index >= 15 is 0 Å². The van der Waals surface area contributed by atoms with Crippen molar-refractivity contribution in [3.8, 4) is 5.69 Å². The third-order valence-electron chi connectivity index (χ3n) is 3.62. The van der Waals surface area contributed by atoms with E-state index in [0.717, 1.165) is 0 Å². The highest BCUT2D eigenvalue weighted by Crippen LogP contribution is 2.35. The maximum absolute atomic E-state index is 12.0. The number of aromatic nitrogens is 1. The molecule has 24 heavy (non-hydrogen) atoms. The molecule has 3 aromatic rings. The van der Waals surface area contributed by atoms with Gasteiger partial charge in [0.05, 0.1) is 16.8 Å². The summed E-state index contributed by atoms with van der Waals surface area (Å²) in [6.07, 6.45) is 0. The first-order valence-corrected chi connectivity index (χ1v) is 7.02. The minimum Gasteiger partial charge on any atom is -0.761 e. The van der Waals surface area contributed by atoms with Crippen molar-refractivity contribution in [1.29, 1.82) is 0 Å². The molecule has 122 valence electrons. The lowest BCUT2D eigenvalue weighted by Crippen LogP contribution is -2.24. The summed E-state index contributed by atoms with van der Waals surface area (Å²) < 4.78 is 1.56. The minimum atomic E-state index is -0.853. The first kappa shape index (κ1) is 15.4. The number of anilines is 2. The van der Waals surface area contributed by atoms with Crippen molar-refractivity contribution in [3.05, 3.63) is 59.3 Å². The number of nitrogens with zero attached hydrogens (tertiary/aromatic N) is 1. The number of para-hydroxylation sites is 3. The Morgan fingerprint density at radius 3 is 2.33 bits per heavy atom. The van der Waals surface area contributed by atoms with Crippen molar-refractivity contribution in [2.75, 3.05) is 10.8 Å². The van der Waals surface area contributed by atoms with Crippen LogP contribution in [0.2, 0.25) is 0 Å². The monoisotopic (exact) mass is 324 g/mol. The minimum absolute atomic E-state index is 0.110. The standard InChI is InChI=1S/C16H14N5O3/c17-14(22)13-9-5-1-3-7-11(9)21(15(13)19-16(18)23)12-8-4-2-6-10(12)20-24/h1-8,20H,(H2,17,22)(H3,18,19,23)/q-1. The fourth-order valence-corrected chi connectivity index (χ4v) is 2.73. The molecular weight excluding hydrogens is 310 g/mol. The lowest BCUT2D eigenvalue weighted by Gasteiger charge is -2.18. The van der Waals surface area contributed by atoms with Crippen molar-refractivity contribution in [2.45, 2.75) is 0 Å². The van der Waals surface area contributed by atoms with E-state index in [9.17, 15) is 14.8 Å². The molecule has 0 unspecified atom stereocenters. The summed E-state index contributed by atoms with van der Waals surface area (Å²) >= 11 is 0. The number of amides is 3. The predicted molar refractivity (Wildman–Crippen MR) is 92.0 cm³/mol. The zero-order chi connectivity index (χ0) is 17.3. The van der Waals surface area contributed by atoms with E-state index in [2.05, 4.69) is 5.32 Å². The van der Waals surface area contributed by atoms with Crippen molar-refractivity contribution < 1.29 is 9.59 Å². The van der Waals surface area contributed by atoms with Crippen LogP contribution in [-0.4, -0.2) is 16.5 Å². The second-order valence-corrected chi connectivity index (χ2v) is 5.05. The molecule has 0 aliphatic rings. The molecule has 8 heteroatoms. The Hall–Kier alpha value is -3.52. The predicted octanol–water partition coefficient (Wildman–Crippen LogP) is 2.13. The lowest BCUT2D eigenvalue weighted by atomic mass is 10.1. The number of urea groups is 1. The van der Waals surface area contributed by atoms with Gasteiger partial charge in [-0.05, 0) is 18.2 Å². The molecule has 0 radical (unpaired) electrons. The average Bonchev–Trinajstić information content (AvgIpc) is 2.87. The van der Waals surface area contributed by atoms with Gasteiger partial charge in [0.25, 0.3) is 5.91 Å². The van der Waals surface area contributed by atoms with Gasteiger partial charge in [0, 0.05) is 11.1 Å². The van der Waals surface area contributed by atoms with Gasteiger partial charge in [-0.25, -0.2) is 4.79 Å². The average molecular weight is 324 g/mol. The highest BCUT2D eigenvalue weighted by atomic mass is 16.5. The van der Waals surface area contributed by atoms with Crippen LogP contribution >= 0.6 is 0 Å². The Morgan fingerprint density at radius 2 is 1.67 bits per heavy atom. The fourth-order valence-electron chi connectivity index (χ4n) is 2.73. The Kier molecular flexibility index (Phi) is 3.80. The number of carbonyl (C=O) groups excluding carboxylic acids is 2. The summed E-state index contributed by atoms with van der Waals surface area (Å²) in [6, 6.07) is 12.8. The molecule has 2 aromatic carbocycles. The van der Waals surface area contributed by atoms with Crippen LogP contribution in [0.5, 0.6) is 0 Å². The molecule has 0 atom stereocenters. The van der Waals surface area contributed by atoms with Gasteiger partial charge in [-0.15, -0.1) is 0 Å². The summed E-state index contributed by atoms with van der Waals surface area (Å²) in [5.74, 6) is -0.611. The van der Waals surface area contributed by atoms with Gasteiger partial charge in [-0.3, -0.25) is 14.7 Å². The van der Waals surface area contributed by atoms with Crippen molar-refractivity contribution >= 4 is 34.3 Å². The number of benzene rings is 2. The second kappa shape index (κ2) is 5.94. The van der Waals surface area contributed by atoms with E-state index < -0.39 is 11.9 Å². The molecule has 0 bridgehead atoms. The van der Waals surface area contributed by atoms with Crippen LogP contribution in [0.1, 0.15) is 10.4 Å². The van der Waals surface area contributed by atoms with Gasteiger partial charge in [-0.2, -0.15) is 0 Å². The van der Waals surface area contributed by atoms with Gasteiger partial charge in [0.1, 0.15) is 5.82 Å². The van der Waals surface area contributed by atoms with E-state index in [-0.39, 0.29) is 17.1 Å². The molecule has 3 rings (SSSR count). The van der Waals surface area contributed by atoms with Crippen LogP contribution in [0.15, 0.2) is 48.5 Å². The summed E-state index contributed by atoms with van der Waals surface area (Å²) in [5.41, 5.74) is 14.0. The van der Waals surface area contributed by atoms with Gasteiger partial charge in [0.15, 0.2) is 0 Å². The second-order valence-electron chi connectivity index (χ2n) is 5.05. The summed E-state index contributed by atoms with van der Waals surface area (Å²) in [6.45, 7) is 0. The van der Waals surface area contributed by atoms with E-state index in [4.69, 9.17) is 11.5 Å². The topological polar surface area (TPSA) is 138 Å². The van der Waals surface area contributed by atoms with Crippen molar-refractivity contribution in [1.82, 2.24) is 4.57 Å². The normalized spacial score (nSPS) is 10.5. The fraction of sp³-hybridized carbons (Fsp3) is 0. The molecule has 0 saturated heterocycles. The third-order valence-corrected chi connectivity index (χ3v) is 3.62. The molecule has 0 aliphatic heterocycles. The number of hydrogen-bond donors (Lipinski definition) is 4. The number of rotatable bonds is 4. The molecule has 1 heterocycles. The zero-order valence-electron chi connectivity index (χ0n) is 12.4.